The second-order valence-electron chi connectivity index (χ2n) is 4.98. The summed E-state index contributed by atoms with van der Waals surface area (Å²) in [4.78, 5) is 0. The molecule has 0 saturated heterocycles. The van der Waals surface area contributed by atoms with E-state index in [1.807, 2.05) is 12.1 Å². The predicted molar refractivity (Wildman–Crippen MR) is 86.6 cm³/mol. The Morgan fingerprint density at radius 2 is 2.05 bits per heavy atom. The molecular formula is C16H16INO. The summed E-state index contributed by atoms with van der Waals surface area (Å²) in [6.07, 6.45) is 3.42. The molecule has 0 spiro atoms. The molecular weight excluding hydrogens is 349 g/mol. The zero-order chi connectivity index (χ0) is 13.2. The zero-order valence-corrected chi connectivity index (χ0v) is 12.7. The highest BCUT2D eigenvalue weighted by molar-refractivity contribution is 14.1. The second kappa shape index (κ2) is 5.41. The van der Waals surface area contributed by atoms with Gasteiger partial charge < -0.3 is 10.4 Å². The molecule has 0 amide bonds. The number of rotatable bonds is 2. The fourth-order valence-corrected chi connectivity index (χ4v) is 3.26. The molecule has 0 bridgehead atoms. The smallest absolute Gasteiger partial charge is 0.115 e. The average Bonchev–Trinajstić information content (AvgIpc) is 2.39. The lowest BCUT2D eigenvalue weighted by Gasteiger charge is -2.27. The first-order valence-corrected chi connectivity index (χ1v) is 7.64. The van der Waals surface area contributed by atoms with Crippen molar-refractivity contribution in [1.29, 1.82) is 0 Å². The number of hydrogen-bond donors (Lipinski definition) is 2. The third-order valence-corrected chi connectivity index (χ3v) is 4.28. The summed E-state index contributed by atoms with van der Waals surface area (Å²) in [7, 11) is 0. The molecule has 0 fully saturated rings. The lowest BCUT2D eigenvalue weighted by Crippen LogP contribution is -2.17. The molecule has 3 rings (SSSR count). The predicted octanol–water partition coefficient (Wildman–Crippen LogP) is 4.49. The number of hydrogen-bond acceptors (Lipinski definition) is 2. The zero-order valence-electron chi connectivity index (χ0n) is 10.6. The summed E-state index contributed by atoms with van der Waals surface area (Å²) in [5.41, 5.74) is 3.74. The van der Waals surface area contributed by atoms with Gasteiger partial charge in [0.1, 0.15) is 5.75 Å². The third-order valence-electron chi connectivity index (χ3n) is 3.61. The van der Waals surface area contributed by atoms with Gasteiger partial charge in [-0.1, -0.05) is 12.1 Å². The SMILES string of the molecule is Oc1ccc2c(c1)C(Nc1cccc(I)c1)CCC2. The van der Waals surface area contributed by atoms with Crippen LogP contribution in [0.5, 0.6) is 5.75 Å². The molecule has 1 aliphatic carbocycles. The third kappa shape index (κ3) is 2.86. The van der Waals surface area contributed by atoms with E-state index in [-0.39, 0.29) is 0 Å². The first-order chi connectivity index (χ1) is 9.22. The molecule has 0 heterocycles. The van der Waals surface area contributed by atoms with Gasteiger partial charge in [0.05, 0.1) is 6.04 Å². The molecule has 1 unspecified atom stereocenters. The van der Waals surface area contributed by atoms with Crippen LogP contribution < -0.4 is 5.32 Å². The molecule has 0 radical (unpaired) electrons. The van der Waals surface area contributed by atoms with E-state index in [4.69, 9.17) is 0 Å². The van der Waals surface area contributed by atoms with Crippen LogP contribution in [0.3, 0.4) is 0 Å². The van der Waals surface area contributed by atoms with E-state index >= 15 is 0 Å². The van der Waals surface area contributed by atoms with Crippen LogP contribution in [0.4, 0.5) is 5.69 Å². The van der Waals surface area contributed by atoms with Crippen LogP contribution in [0, 0.1) is 3.57 Å². The number of aromatic hydroxyl groups is 1. The maximum absolute atomic E-state index is 9.69. The lowest BCUT2D eigenvalue weighted by molar-refractivity contribution is 0.471. The first-order valence-electron chi connectivity index (χ1n) is 6.56. The van der Waals surface area contributed by atoms with Crippen molar-refractivity contribution in [2.75, 3.05) is 5.32 Å². The summed E-state index contributed by atoms with van der Waals surface area (Å²) in [5.74, 6) is 0.357. The van der Waals surface area contributed by atoms with E-state index in [1.165, 1.54) is 21.1 Å². The van der Waals surface area contributed by atoms with Gasteiger partial charge in [-0.25, -0.2) is 0 Å². The van der Waals surface area contributed by atoms with Crippen molar-refractivity contribution >= 4 is 28.3 Å². The normalized spacial score (nSPS) is 17.8. The largest absolute Gasteiger partial charge is 0.508 e. The van der Waals surface area contributed by atoms with E-state index < -0.39 is 0 Å². The monoisotopic (exact) mass is 365 g/mol. The highest BCUT2D eigenvalue weighted by Crippen LogP contribution is 2.34. The molecule has 2 aromatic carbocycles. The molecule has 1 aliphatic rings. The standard InChI is InChI=1S/C16H16INO/c17-12-4-2-5-13(9-12)18-16-6-1-3-11-7-8-14(19)10-15(11)16/h2,4-5,7-10,16,18-19H,1,3,6H2. The Morgan fingerprint density at radius 1 is 1.16 bits per heavy atom. The van der Waals surface area contributed by atoms with Gasteiger partial charge in [0, 0.05) is 9.26 Å². The number of fused-ring (bicyclic) bond motifs is 1. The van der Waals surface area contributed by atoms with E-state index in [0.29, 0.717) is 11.8 Å². The Bertz CT molecular complexity index is 597. The number of phenols is 1. The molecule has 3 heteroatoms. The molecule has 0 aromatic heterocycles. The minimum absolute atomic E-state index is 0.300. The number of phenolic OH excluding ortho intramolecular Hbond substituents is 1. The minimum Gasteiger partial charge on any atom is -0.508 e. The average molecular weight is 365 g/mol. The number of halogens is 1. The van der Waals surface area contributed by atoms with Crippen LogP contribution in [0.25, 0.3) is 0 Å². The molecule has 1 atom stereocenters. The van der Waals surface area contributed by atoms with Crippen molar-refractivity contribution in [1.82, 2.24) is 0 Å². The van der Waals surface area contributed by atoms with Crippen LogP contribution in [0.1, 0.15) is 30.0 Å². The van der Waals surface area contributed by atoms with Gasteiger partial charge in [0.15, 0.2) is 0 Å². The summed E-state index contributed by atoms with van der Waals surface area (Å²) in [6, 6.07) is 14.4. The summed E-state index contributed by atoms with van der Waals surface area (Å²) >= 11 is 2.32. The van der Waals surface area contributed by atoms with Gasteiger partial charge in [-0.2, -0.15) is 0 Å². The maximum atomic E-state index is 9.69. The Morgan fingerprint density at radius 3 is 2.89 bits per heavy atom. The molecule has 0 aliphatic heterocycles. The van der Waals surface area contributed by atoms with Gasteiger partial charge in [0.2, 0.25) is 0 Å². The fraction of sp³-hybridized carbons (Fsp3) is 0.250. The topological polar surface area (TPSA) is 32.3 Å². The van der Waals surface area contributed by atoms with Gasteiger partial charge in [-0.15, -0.1) is 0 Å². The number of anilines is 1. The molecule has 2 nitrogen and oxygen atoms in total. The fourth-order valence-electron chi connectivity index (χ4n) is 2.72. The Hall–Kier alpha value is -1.23. The van der Waals surface area contributed by atoms with Gasteiger partial charge in [-0.3, -0.25) is 0 Å². The van der Waals surface area contributed by atoms with Crippen molar-refractivity contribution in [2.45, 2.75) is 25.3 Å². The van der Waals surface area contributed by atoms with E-state index in [1.54, 1.807) is 6.07 Å². The highest BCUT2D eigenvalue weighted by Gasteiger charge is 2.20. The van der Waals surface area contributed by atoms with E-state index in [2.05, 4.69) is 52.2 Å². The molecule has 98 valence electrons. The van der Waals surface area contributed by atoms with Crippen molar-refractivity contribution in [3.05, 3.63) is 57.2 Å². The van der Waals surface area contributed by atoms with Crippen LogP contribution in [0.2, 0.25) is 0 Å². The van der Waals surface area contributed by atoms with Crippen molar-refractivity contribution < 1.29 is 5.11 Å². The Labute approximate surface area is 127 Å². The highest BCUT2D eigenvalue weighted by atomic mass is 127. The summed E-state index contributed by atoms with van der Waals surface area (Å²) in [5, 5.41) is 13.3. The lowest BCUT2D eigenvalue weighted by atomic mass is 9.87. The quantitative estimate of drug-likeness (QED) is 0.769. The van der Waals surface area contributed by atoms with Crippen LogP contribution in [0.15, 0.2) is 42.5 Å². The Kier molecular flexibility index (Phi) is 3.64. The van der Waals surface area contributed by atoms with Crippen LogP contribution >= 0.6 is 22.6 Å². The van der Waals surface area contributed by atoms with Crippen molar-refractivity contribution in [3.8, 4) is 5.75 Å². The summed E-state index contributed by atoms with van der Waals surface area (Å²) < 4.78 is 1.23. The number of benzene rings is 2. The van der Waals surface area contributed by atoms with Gasteiger partial charge in [0.25, 0.3) is 0 Å². The van der Waals surface area contributed by atoms with E-state index in [0.717, 1.165) is 18.5 Å². The first kappa shape index (κ1) is 12.8. The van der Waals surface area contributed by atoms with Crippen LogP contribution in [-0.4, -0.2) is 5.11 Å². The van der Waals surface area contributed by atoms with Crippen molar-refractivity contribution in [2.24, 2.45) is 0 Å². The number of aryl methyl sites for hydroxylation is 1. The maximum Gasteiger partial charge on any atom is 0.115 e. The van der Waals surface area contributed by atoms with Gasteiger partial charge in [-0.05, 0) is 83.3 Å². The number of nitrogens with one attached hydrogen (secondary N) is 1. The molecule has 2 aromatic rings. The van der Waals surface area contributed by atoms with Crippen LogP contribution in [-0.2, 0) is 6.42 Å². The second-order valence-corrected chi connectivity index (χ2v) is 6.23. The molecule has 19 heavy (non-hydrogen) atoms. The van der Waals surface area contributed by atoms with Gasteiger partial charge >= 0.3 is 0 Å². The molecule has 0 saturated carbocycles. The van der Waals surface area contributed by atoms with E-state index in [9.17, 15) is 5.11 Å². The molecule has 2 N–H and O–H groups in total. The minimum atomic E-state index is 0.300. The Balaban J connectivity index is 1.89. The van der Waals surface area contributed by atoms with Crippen molar-refractivity contribution in [3.63, 3.8) is 0 Å². The summed E-state index contributed by atoms with van der Waals surface area (Å²) in [6.45, 7) is 0.